The van der Waals surface area contributed by atoms with E-state index in [-0.39, 0.29) is 12.1 Å². The topological polar surface area (TPSA) is 62.7 Å². The van der Waals surface area contributed by atoms with E-state index in [1.807, 2.05) is 38.1 Å². The van der Waals surface area contributed by atoms with Gasteiger partial charge in [0.25, 0.3) is 0 Å². The number of benzene rings is 1. The van der Waals surface area contributed by atoms with E-state index in [4.69, 9.17) is 16.3 Å². The molecular formula is C15H22ClN3O2. The van der Waals surface area contributed by atoms with Gasteiger partial charge in [-0.3, -0.25) is 9.79 Å². The van der Waals surface area contributed by atoms with Gasteiger partial charge < -0.3 is 15.4 Å². The minimum atomic E-state index is -0.217. The van der Waals surface area contributed by atoms with E-state index in [0.29, 0.717) is 30.5 Å². The Bertz CT molecular complexity index is 472. The van der Waals surface area contributed by atoms with E-state index in [9.17, 15) is 4.79 Å². The van der Waals surface area contributed by atoms with Crippen LogP contribution in [0.25, 0.3) is 0 Å². The summed E-state index contributed by atoms with van der Waals surface area (Å²) in [6.07, 6.45) is 0.222. The monoisotopic (exact) mass is 311 g/mol. The molecule has 1 rings (SSSR count). The summed E-state index contributed by atoms with van der Waals surface area (Å²) in [5.74, 6) is 0.424. The van der Waals surface area contributed by atoms with Crippen LogP contribution in [0.5, 0.6) is 0 Å². The molecule has 6 heteroatoms. The van der Waals surface area contributed by atoms with Crippen LogP contribution in [-0.2, 0) is 16.1 Å². The first kappa shape index (κ1) is 17.3. The Labute approximate surface area is 130 Å². The van der Waals surface area contributed by atoms with Gasteiger partial charge in [-0.2, -0.15) is 0 Å². The van der Waals surface area contributed by atoms with E-state index in [1.54, 1.807) is 7.05 Å². The van der Waals surface area contributed by atoms with Crippen LogP contribution in [-0.4, -0.2) is 31.6 Å². The normalized spacial score (nSPS) is 11.4. The largest absolute Gasteiger partial charge is 0.463 e. The number of carbonyl (C=O) groups excluding carboxylic acids is 1. The van der Waals surface area contributed by atoms with Crippen LogP contribution >= 0.6 is 11.6 Å². The third-order valence-corrected chi connectivity index (χ3v) is 2.84. The maximum atomic E-state index is 11.4. The fraction of sp³-hybridized carbons (Fsp3) is 0.467. The number of nitrogens with one attached hydrogen (secondary N) is 2. The molecule has 1 aromatic carbocycles. The number of carbonyl (C=O) groups is 1. The number of ether oxygens (including phenoxy) is 1. The van der Waals surface area contributed by atoms with Gasteiger partial charge in [-0.05, 0) is 31.5 Å². The molecule has 0 aliphatic rings. The van der Waals surface area contributed by atoms with E-state index in [2.05, 4.69) is 15.6 Å². The number of halogens is 1. The quantitative estimate of drug-likeness (QED) is 0.481. The Morgan fingerprint density at radius 1 is 1.29 bits per heavy atom. The maximum Gasteiger partial charge on any atom is 0.307 e. The van der Waals surface area contributed by atoms with E-state index < -0.39 is 0 Å². The minimum absolute atomic E-state index is 0.0835. The Kier molecular flexibility index (Phi) is 7.61. The number of nitrogens with zero attached hydrogens (tertiary/aromatic N) is 1. The number of aliphatic imine (C=N–C) groups is 1. The van der Waals surface area contributed by atoms with Gasteiger partial charge in [0.2, 0.25) is 0 Å². The van der Waals surface area contributed by atoms with Crippen LogP contribution in [0.15, 0.2) is 29.3 Å². The molecule has 0 spiro atoms. The van der Waals surface area contributed by atoms with Crippen molar-refractivity contribution in [1.82, 2.24) is 10.6 Å². The molecule has 0 saturated carbocycles. The summed E-state index contributed by atoms with van der Waals surface area (Å²) in [6, 6.07) is 7.58. The van der Waals surface area contributed by atoms with Crippen LogP contribution in [0.4, 0.5) is 0 Å². The molecule has 0 heterocycles. The fourth-order valence-corrected chi connectivity index (χ4v) is 1.74. The molecule has 0 aliphatic heterocycles. The molecule has 0 radical (unpaired) electrons. The van der Waals surface area contributed by atoms with Crippen molar-refractivity contribution in [2.45, 2.75) is 32.9 Å². The SMILES string of the molecule is CN=C(NCCC(=O)OC(C)C)NCc1ccc(Cl)cc1. The van der Waals surface area contributed by atoms with Crippen LogP contribution in [0.1, 0.15) is 25.8 Å². The molecule has 1 aromatic rings. The Morgan fingerprint density at radius 3 is 2.52 bits per heavy atom. The summed E-state index contributed by atoms with van der Waals surface area (Å²) in [5.41, 5.74) is 1.10. The molecule has 116 valence electrons. The number of guanidine groups is 1. The summed E-state index contributed by atoms with van der Waals surface area (Å²) in [4.78, 5) is 15.5. The number of rotatable bonds is 6. The van der Waals surface area contributed by atoms with Gasteiger partial charge in [-0.25, -0.2) is 0 Å². The van der Waals surface area contributed by atoms with Crippen molar-refractivity contribution >= 4 is 23.5 Å². The molecule has 0 saturated heterocycles. The maximum absolute atomic E-state index is 11.4. The average Bonchev–Trinajstić information content (AvgIpc) is 2.43. The highest BCUT2D eigenvalue weighted by atomic mass is 35.5. The summed E-state index contributed by atoms with van der Waals surface area (Å²) < 4.78 is 5.05. The summed E-state index contributed by atoms with van der Waals surface area (Å²) >= 11 is 5.84. The first-order chi connectivity index (χ1) is 10.0. The lowest BCUT2D eigenvalue weighted by Gasteiger charge is -2.12. The molecular weight excluding hydrogens is 290 g/mol. The molecule has 0 amide bonds. The van der Waals surface area contributed by atoms with Gasteiger partial charge in [0, 0.05) is 25.2 Å². The van der Waals surface area contributed by atoms with Gasteiger partial charge in [0.15, 0.2) is 5.96 Å². The highest BCUT2D eigenvalue weighted by Gasteiger charge is 2.05. The van der Waals surface area contributed by atoms with E-state index >= 15 is 0 Å². The van der Waals surface area contributed by atoms with E-state index in [1.165, 1.54) is 0 Å². The second-order valence-electron chi connectivity index (χ2n) is 4.77. The molecule has 0 unspecified atom stereocenters. The highest BCUT2D eigenvalue weighted by Crippen LogP contribution is 2.08. The van der Waals surface area contributed by atoms with Gasteiger partial charge >= 0.3 is 5.97 Å². The van der Waals surface area contributed by atoms with Gasteiger partial charge in [0.1, 0.15) is 0 Å². The van der Waals surface area contributed by atoms with E-state index in [0.717, 1.165) is 5.56 Å². The second kappa shape index (κ2) is 9.23. The molecule has 0 bridgehead atoms. The second-order valence-corrected chi connectivity index (χ2v) is 5.20. The zero-order valence-corrected chi connectivity index (χ0v) is 13.4. The van der Waals surface area contributed by atoms with Crippen molar-refractivity contribution in [2.75, 3.05) is 13.6 Å². The molecule has 5 nitrogen and oxygen atoms in total. The average molecular weight is 312 g/mol. The summed E-state index contributed by atoms with van der Waals surface area (Å²) in [7, 11) is 1.68. The zero-order valence-electron chi connectivity index (χ0n) is 12.6. The number of hydrogen-bond donors (Lipinski definition) is 2. The first-order valence-electron chi connectivity index (χ1n) is 6.89. The van der Waals surface area contributed by atoms with Crippen molar-refractivity contribution in [3.8, 4) is 0 Å². The lowest BCUT2D eigenvalue weighted by Crippen LogP contribution is -2.38. The molecule has 0 aromatic heterocycles. The molecule has 0 fully saturated rings. The van der Waals surface area contributed by atoms with Crippen LogP contribution in [0.2, 0.25) is 5.02 Å². The Morgan fingerprint density at radius 2 is 1.95 bits per heavy atom. The summed E-state index contributed by atoms with van der Waals surface area (Å²) in [5, 5.41) is 6.94. The standard InChI is InChI=1S/C15H22ClN3O2/c1-11(2)21-14(20)8-9-18-15(17-3)19-10-12-4-6-13(16)7-5-12/h4-7,11H,8-10H2,1-3H3,(H2,17,18,19). The van der Waals surface area contributed by atoms with Crippen LogP contribution < -0.4 is 10.6 Å². The molecule has 21 heavy (non-hydrogen) atoms. The van der Waals surface area contributed by atoms with Crippen LogP contribution in [0, 0.1) is 0 Å². The number of hydrogen-bond acceptors (Lipinski definition) is 3. The molecule has 0 atom stereocenters. The lowest BCUT2D eigenvalue weighted by atomic mass is 10.2. The lowest BCUT2D eigenvalue weighted by molar-refractivity contribution is -0.147. The molecule has 0 aliphatic carbocycles. The van der Waals surface area contributed by atoms with Crippen molar-refractivity contribution in [3.05, 3.63) is 34.9 Å². The van der Waals surface area contributed by atoms with Crippen LogP contribution in [0.3, 0.4) is 0 Å². The Hall–Kier alpha value is -1.75. The zero-order chi connectivity index (χ0) is 15.7. The third-order valence-electron chi connectivity index (χ3n) is 2.59. The highest BCUT2D eigenvalue weighted by molar-refractivity contribution is 6.30. The minimum Gasteiger partial charge on any atom is -0.463 e. The number of esters is 1. The predicted octanol–water partition coefficient (Wildman–Crippen LogP) is 2.35. The summed E-state index contributed by atoms with van der Waals surface area (Å²) in [6.45, 7) is 4.77. The van der Waals surface area contributed by atoms with Crippen molar-refractivity contribution < 1.29 is 9.53 Å². The predicted molar refractivity (Wildman–Crippen MR) is 85.5 cm³/mol. The van der Waals surface area contributed by atoms with Crippen molar-refractivity contribution in [3.63, 3.8) is 0 Å². The molecule has 2 N–H and O–H groups in total. The fourth-order valence-electron chi connectivity index (χ4n) is 1.61. The smallest absolute Gasteiger partial charge is 0.307 e. The van der Waals surface area contributed by atoms with Crippen molar-refractivity contribution in [2.24, 2.45) is 4.99 Å². The van der Waals surface area contributed by atoms with Gasteiger partial charge in [-0.1, -0.05) is 23.7 Å². The first-order valence-corrected chi connectivity index (χ1v) is 7.27. The third kappa shape index (κ3) is 7.56. The Balaban J connectivity index is 2.29. The van der Waals surface area contributed by atoms with Crippen molar-refractivity contribution in [1.29, 1.82) is 0 Å². The van der Waals surface area contributed by atoms with Gasteiger partial charge in [-0.15, -0.1) is 0 Å². The van der Waals surface area contributed by atoms with Gasteiger partial charge in [0.05, 0.1) is 12.5 Å².